The summed E-state index contributed by atoms with van der Waals surface area (Å²) in [6, 6.07) is 3.57. The average Bonchev–Trinajstić information content (AvgIpc) is 2.88. The first-order chi connectivity index (χ1) is 11.4. The van der Waals surface area contributed by atoms with Crippen LogP contribution in [0.5, 0.6) is 5.88 Å². The average molecular weight is 337 g/mol. The Morgan fingerprint density at radius 1 is 1.21 bits per heavy atom. The lowest BCUT2D eigenvalue weighted by atomic mass is 9.92. The molecule has 0 aliphatic heterocycles. The van der Waals surface area contributed by atoms with Crippen LogP contribution in [0, 0.1) is 13.8 Å². The Morgan fingerprint density at radius 3 is 2.50 bits per heavy atom. The maximum Gasteiger partial charge on any atom is 0.256 e. The summed E-state index contributed by atoms with van der Waals surface area (Å²) in [6.07, 6.45) is 0.623. The largest absolute Gasteiger partial charge is 0.481 e. The Hall–Kier alpha value is -2.25. The van der Waals surface area contributed by atoms with Crippen LogP contribution in [0.3, 0.4) is 0 Å². The predicted molar refractivity (Wildman–Crippen MR) is 86.0 cm³/mol. The zero-order valence-electron chi connectivity index (χ0n) is 14.0. The van der Waals surface area contributed by atoms with Gasteiger partial charge in [0.1, 0.15) is 5.82 Å². The number of methoxy groups -OCH3 is 1. The summed E-state index contributed by atoms with van der Waals surface area (Å²) in [6.45, 7) is 3.81. The molecule has 2 aromatic rings. The Kier molecular flexibility index (Phi) is 4.38. The van der Waals surface area contributed by atoms with Gasteiger partial charge in [0.2, 0.25) is 11.8 Å². The molecule has 0 aromatic carbocycles. The summed E-state index contributed by atoms with van der Waals surface area (Å²) >= 11 is 0. The molecule has 1 saturated carbocycles. The smallest absolute Gasteiger partial charge is 0.256 e. The SMILES string of the molecule is COc1cc(NC2CCC(F)(F)CC2)nc(-n2nc(C)cc2C)n1. The molecule has 1 aliphatic rings. The van der Waals surface area contributed by atoms with Crippen molar-refractivity contribution in [1.82, 2.24) is 19.7 Å². The Labute approximate surface area is 139 Å². The van der Waals surface area contributed by atoms with E-state index in [9.17, 15) is 8.78 Å². The van der Waals surface area contributed by atoms with Gasteiger partial charge in [-0.3, -0.25) is 0 Å². The first-order valence-electron chi connectivity index (χ1n) is 7.97. The normalized spacial score (nSPS) is 17.7. The molecule has 2 heterocycles. The minimum atomic E-state index is -2.55. The van der Waals surface area contributed by atoms with Crippen LogP contribution in [-0.4, -0.2) is 38.8 Å². The minimum absolute atomic E-state index is 0.0301. The second-order valence-electron chi connectivity index (χ2n) is 6.21. The van der Waals surface area contributed by atoms with Crippen molar-refractivity contribution in [1.29, 1.82) is 0 Å². The molecule has 0 atom stereocenters. The first-order valence-corrected chi connectivity index (χ1v) is 7.97. The summed E-state index contributed by atoms with van der Waals surface area (Å²) < 4.78 is 33.4. The van der Waals surface area contributed by atoms with Gasteiger partial charge in [0.25, 0.3) is 5.95 Å². The van der Waals surface area contributed by atoms with Crippen LogP contribution in [0.15, 0.2) is 12.1 Å². The number of aryl methyl sites for hydroxylation is 2. The third-order valence-electron chi connectivity index (χ3n) is 4.17. The second-order valence-corrected chi connectivity index (χ2v) is 6.21. The van der Waals surface area contributed by atoms with E-state index in [1.807, 2.05) is 19.9 Å². The highest BCUT2D eigenvalue weighted by Gasteiger charge is 2.35. The quantitative estimate of drug-likeness (QED) is 0.927. The van der Waals surface area contributed by atoms with Crippen LogP contribution in [0.1, 0.15) is 37.1 Å². The number of hydrogen-bond acceptors (Lipinski definition) is 5. The van der Waals surface area contributed by atoms with Gasteiger partial charge in [-0.15, -0.1) is 0 Å². The number of anilines is 1. The van der Waals surface area contributed by atoms with E-state index in [1.165, 1.54) is 7.11 Å². The van der Waals surface area contributed by atoms with Gasteiger partial charge in [-0.1, -0.05) is 0 Å². The fraction of sp³-hybridized carbons (Fsp3) is 0.562. The third-order valence-corrected chi connectivity index (χ3v) is 4.17. The van der Waals surface area contributed by atoms with E-state index in [0.717, 1.165) is 11.4 Å². The van der Waals surface area contributed by atoms with E-state index < -0.39 is 5.92 Å². The maximum absolute atomic E-state index is 13.3. The Bertz CT molecular complexity index is 721. The summed E-state index contributed by atoms with van der Waals surface area (Å²) in [5, 5.41) is 7.60. The summed E-state index contributed by atoms with van der Waals surface area (Å²) in [4.78, 5) is 8.79. The highest BCUT2D eigenvalue weighted by Crippen LogP contribution is 2.34. The number of ether oxygens (including phenoxy) is 1. The molecular formula is C16H21F2N5O. The lowest BCUT2D eigenvalue weighted by Gasteiger charge is -2.29. The van der Waals surface area contributed by atoms with E-state index in [-0.39, 0.29) is 18.9 Å². The molecule has 2 aromatic heterocycles. The fourth-order valence-electron chi connectivity index (χ4n) is 2.91. The van der Waals surface area contributed by atoms with Gasteiger partial charge in [-0.2, -0.15) is 15.1 Å². The highest BCUT2D eigenvalue weighted by atomic mass is 19.3. The number of aromatic nitrogens is 4. The second kappa shape index (κ2) is 6.33. The van der Waals surface area contributed by atoms with Gasteiger partial charge in [0.05, 0.1) is 12.8 Å². The number of halogens is 2. The molecule has 3 rings (SSSR count). The number of nitrogens with zero attached hydrogens (tertiary/aromatic N) is 4. The monoisotopic (exact) mass is 337 g/mol. The molecular weight excluding hydrogens is 316 g/mol. The van der Waals surface area contributed by atoms with Crippen molar-refractivity contribution in [2.75, 3.05) is 12.4 Å². The van der Waals surface area contributed by atoms with Crippen molar-refractivity contribution in [2.45, 2.75) is 51.5 Å². The van der Waals surface area contributed by atoms with E-state index >= 15 is 0 Å². The Morgan fingerprint density at radius 2 is 1.92 bits per heavy atom. The van der Waals surface area contributed by atoms with Gasteiger partial charge in [0.15, 0.2) is 0 Å². The molecule has 0 bridgehead atoms. The van der Waals surface area contributed by atoms with Crippen molar-refractivity contribution in [3.8, 4) is 11.8 Å². The maximum atomic E-state index is 13.3. The number of rotatable bonds is 4. The van der Waals surface area contributed by atoms with Gasteiger partial charge >= 0.3 is 0 Å². The van der Waals surface area contributed by atoms with Gasteiger partial charge < -0.3 is 10.1 Å². The van der Waals surface area contributed by atoms with Crippen LogP contribution in [-0.2, 0) is 0 Å². The molecule has 1 fully saturated rings. The van der Waals surface area contributed by atoms with E-state index in [2.05, 4.69) is 20.4 Å². The zero-order chi connectivity index (χ0) is 17.3. The van der Waals surface area contributed by atoms with Crippen molar-refractivity contribution in [3.63, 3.8) is 0 Å². The minimum Gasteiger partial charge on any atom is -0.481 e. The summed E-state index contributed by atoms with van der Waals surface area (Å²) in [7, 11) is 1.53. The molecule has 1 aliphatic carbocycles. The molecule has 0 spiro atoms. The van der Waals surface area contributed by atoms with Crippen molar-refractivity contribution in [2.24, 2.45) is 0 Å². The molecule has 0 unspecified atom stereocenters. The molecule has 8 heteroatoms. The third kappa shape index (κ3) is 3.63. The van der Waals surface area contributed by atoms with Gasteiger partial charge in [0, 0.05) is 30.6 Å². The fourth-order valence-corrected chi connectivity index (χ4v) is 2.91. The van der Waals surface area contributed by atoms with Crippen molar-refractivity contribution >= 4 is 5.82 Å². The summed E-state index contributed by atoms with van der Waals surface area (Å²) in [5.41, 5.74) is 1.77. The van der Waals surface area contributed by atoms with Gasteiger partial charge in [-0.25, -0.2) is 13.5 Å². The molecule has 6 nitrogen and oxygen atoms in total. The number of nitrogens with one attached hydrogen (secondary N) is 1. The van der Waals surface area contributed by atoms with Gasteiger partial charge in [-0.05, 0) is 32.8 Å². The van der Waals surface area contributed by atoms with Crippen LogP contribution in [0.25, 0.3) is 5.95 Å². The first kappa shape index (κ1) is 16.6. The van der Waals surface area contributed by atoms with Crippen LogP contribution >= 0.6 is 0 Å². The molecule has 0 amide bonds. The molecule has 0 saturated heterocycles. The number of hydrogen-bond donors (Lipinski definition) is 1. The standard InChI is InChI=1S/C16H21F2N5O/c1-10-8-11(2)23(22-10)15-20-13(9-14(21-15)24-3)19-12-4-6-16(17,18)7-5-12/h8-9,12H,4-7H2,1-3H3,(H,19,20,21). The Balaban J connectivity index is 1.83. The molecule has 0 radical (unpaired) electrons. The van der Waals surface area contributed by atoms with Crippen molar-refractivity contribution < 1.29 is 13.5 Å². The van der Waals surface area contributed by atoms with Crippen LogP contribution in [0.4, 0.5) is 14.6 Å². The van der Waals surface area contributed by atoms with Crippen molar-refractivity contribution in [3.05, 3.63) is 23.5 Å². The number of alkyl halides is 2. The predicted octanol–water partition coefficient (Wildman–Crippen LogP) is 3.28. The molecule has 130 valence electrons. The lowest BCUT2D eigenvalue weighted by molar-refractivity contribution is -0.0361. The van der Waals surface area contributed by atoms with E-state index in [0.29, 0.717) is 30.5 Å². The van der Waals surface area contributed by atoms with E-state index in [1.54, 1.807) is 10.7 Å². The lowest BCUT2D eigenvalue weighted by Crippen LogP contribution is -2.32. The summed E-state index contributed by atoms with van der Waals surface area (Å²) in [5.74, 6) is -1.20. The highest BCUT2D eigenvalue weighted by molar-refractivity contribution is 5.42. The van der Waals surface area contributed by atoms with Crippen LogP contribution in [0.2, 0.25) is 0 Å². The molecule has 24 heavy (non-hydrogen) atoms. The van der Waals surface area contributed by atoms with E-state index in [4.69, 9.17) is 4.74 Å². The zero-order valence-corrected chi connectivity index (χ0v) is 14.0. The van der Waals surface area contributed by atoms with Crippen LogP contribution < -0.4 is 10.1 Å². The topological polar surface area (TPSA) is 64.9 Å². The molecule has 1 N–H and O–H groups in total.